The van der Waals surface area contributed by atoms with Crippen molar-refractivity contribution in [3.05, 3.63) is 47.4 Å². The number of aromatic nitrogens is 5. The summed E-state index contributed by atoms with van der Waals surface area (Å²) in [6.45, 7) is 3.71. The van der Waals surface area contributed by atoms with Crippen molar-refractivity contribution in [3.63, 3.8) is 0 Å². The number of halogens is 1. The van der Waals surface area contributed by atoms with Crippen LogP contribution in [0, 0.1) is 5.82 Å². The van der Waals surface area contributed by atoms with Crippen molar-refractivity contribution in [1.29, 1.82) is 0 Å². The van der Waals surface area contributed by atoms with Crippen molar-refractivity contribution in [2.45, 2.75) is 25.8 Å². The number of benzene rings is 1. The van der Waals surface area contributed by atoms with Crippen LogP contribution in [0.15, 0.2) is 30.3 Å². The quantitative estimate of drug-likeness (QED) is 0.758. The summed E-state index contributed by atoms with van der Waals surface area (Å²) >= 11 is 0. The highest BCUT2D eigenvalue weighted by atomic mass is 19.1. The average molecular weight is 368 g/mol. The molecule has 2 aromatic heterocycles. The van der Waals surface area contributed by atoms with E-state index in [1.54, 1.807) is 38.1 Å². The maximum Gasteiger partial charge on any atom is 0.237 e. The molecular formula is C18H17FN6O2. The molecule has 0 spiro atoms. The Balaban J connectivity index is 1.70. The van der Waals surface area contributed by atoms with Gasteiger partial charge in [0.2, 0.25) is 17.6 Å². The molecule has 8 nitrogen and oxygen atoms in total. The minimum atomic E-state index is -0.782. The SMILES string of the molecule is COc1cc(-c2nnc3c(n2)NC(=O)C3(C)C)nn1Cc1ccccc1F. The maximum absolute atomic E-state index is 13.9. The predicted molar refractivity (Wildman–Crippen MR) is 94.8 cm³/mol. The molecular weight excluding hydrogens is 351 g/mol. The summed E-state index contributed by atoms with van der Waals surface area (Å²) in [5.41, 5.74) is 0.606. The van der Waals surface area contributed by atoms with Gasteiger partial charge in [-0.3, -0.25) is 4.79 Å². The number of rotatable bonds is 4. The van der Waals surface area contributed by atoms with E-state index in [1.165, 1.54) is 17.9 Å². The lowest BCUT2D eigenvalue weighted by atomic mass is 9.91. The van der Waals surface area contributed by atoms with Crippen LogP contribution >= 0.6 is 0 Å². The summed E-state index contributed by atoms with van der Waals surface area (Å²) in [4.78, 5) is 16.4. The highest BCUT2D eigenvalue weighted by Crippen LogP contribution is 2.34. The van der Waals surface area contributed by atoms with Crippen LogP contribution in [-0.4, -0.2) is 38.0 Å². The van der Waals surface area contributed by atoms with Gasteiger partial charge in [-0.05, 0) is 19.9 Å². The Morgan fingerprint density at radius 2 is 2.04 bits per heavy atom. The second kappa shape index (κ2) is 6.11. The molecule has 0 fully saturated rings. The lowest BCUT2D eigenvalue weighted by Gasteiger charge is -2.11. The van der Waals surface area contributed by atoms with E-state index >= 15 is 0 Å². The molecule has 4 rings (SSSR count). The Morgan fingerprint density at radius 1 is 1.26 bits per heavy atom. The standard InChI is InChI=1S/C18H17FN6O2/c1-18(2)14-16(21-17(18)26)20-15(23-22-14)12-8-13(27-3)25(24-12)9-10-6-4-5-7-11(10)19/h4-8H,9H2,1-3H3,(H,20,21,23,26). The fraction of sp³-hybridized carbons (Fsp3) is 0.278. The molecule has 0 radical (unpaired) electrons. The first-order chi connectivity index (χ1) is 12.9. The number of anilines is 1. The van der Waals surface area contributed by atoms with Gasteiger partial charge < -0.3 is 10.1 Å². The molecule has 9 heteroatoms. The number of methoxy groups -OCH3 is 1. The summed E-state index contributed by atoms with van der Waals surface area (Å²) in [7, 11) is 1.50. The Morgan fingerprint density at radius 3 is 2.78 bits per heavy atom. The second-order valence-corrected chi connectivity index (χ2v) is 6.73. The molecule has 3 heterocycles. The summed E-state index contributed by atoms with van der Waals surface area (Å²) in [6, 6.07) is 8.11. The zero-order valence-electron chi connectivity index (χ0n) is 15.0. The fourth-order valence-corrected chi connectivity index (χ4v) is 2.89. The van der Waals surface area contributed by atoms with Crippen molar-refractivity contribution in [2.75, 3.05) is 12.4 Å². The number of nitrogens with one attached hydrogen (secondary N) is 1. The number of carbonyl (C=O) groups is 1. The molecule has 0 aliphatic carbocycles. The minimum absolute atomic E-state index is 0.181. The van der Waals surface area contributed by atoms with E-state index in [0.29, 0.717) is 28.6 Å². The lowest BCUT2D eigenvalue weighted by molar-refractivity contribution is -0.119. The van der Waals surface area contributed by atoms with E-state index in [0.717, 1.165) is 0 Å². The Kier molecular flexibility index (Phi) is 3.87. The molecule has 0 saturated carbocycles. The van der Waals surface area contributed by atoms with Crippen LogP contribution in [0.3, 0.4) is 0 Å². The zero-order chi connectivity index (χ0) is 19.2. The van der Waals surface area contributed by atoms with Gasteiger partial charge in [-0.2, -0.15) is 5.10 Å². The van der Waals surface area contributed by atoms with Crippen LogP contribution < -0.4 is 10.1 Å². The topological polar surface area (TPSA) is 94.8 Å². The molecule has 1 aliphatic heterocycles. The molecule has 3 aromatic rings. The molecule has 0 bridgehead atoms. The van der Waals surface area contributed by atoms with Crippen molar-refractivity contribution in [3.8, 4) is 17.4 Å². The van der Waals surface area contributed by atoms with E-state index < -0.39 is 5.41 Å². The van der Waals surface area contributed by atoms with E-state index in [-0.39, 0.29) is 24.1 Å². The number of fused-ring (bicyclic) bond motifs is 1. The van der Waals surface area contributed by atoms with Crippen LogP contribution in [-0.2, 0) is 16.8 Å². The van der Waals surface area contributed by atoms with Gasteiger partial charge in [0.25, 0.3) is 0 Å². The molecule has 0 unspecified atom stereocenters. The van der Waals surface area contributed by atoms with E-state index in [9.17, 15) is 9.18 Å². The van der Waals surface area contributed by atoms with Gasteiger partial charge in [0.05, 0.1) is 19.1 Å². The average Bonchev–Trinajstić information content (AvgIpc) is 3.15. The molecule has 0 atom stereocenters. The number of amides is 1. The second-order valence-electron chi connectivity index (χ2n) is 6.73. The van der Waals surface area contributed by atoms with Gasteiger partial charge in [0.1, 0.15) is 17.2 Å². The normalized spacial score (nSPS) is 14.7. The number of hydrogen-bond donors (Lipinski definition) is 1. The number of nitrogens with zero attached hydrogens (tertiary/aromatic N) is 5. The third-order valence-corrected chi connectivity index (χ3v) is 4.54. The Bertz CT molecular complexity index is 1050. The zero-order valence-corrected chi connectivity index (χ0v) is 15.0. The van der Waals surface area contributed by atoms with E-state index in [4.69, 9.17) is 4.74 Å². The lowest BCUT2D eigenvalue weighted by Crippen LogP contribution is -2.27. The number of carbonyl (C=O) groups excluding carboxylic acids is 1. The molecule has 1 amide bonds. The fourth-order valence-electron chi connectivity index (χ4n) is 2.89. The first kappa shape index (κ1) is 17.1. The largest absolute Gasteiger partial charge is 0.481 e. The van der Waals surface area contributed by atoms with Gasteiger partial charge in [0, 0.05) is 11.6 Å². The van der Waals surface area contributed by atoms with Gasteiger partial charge in [0.15, 0.2) is 5.82 Å². The monoisotopic (exact) mass is 368 g/mol. The van der Waals surface area contributed by atoms with Gasteiger partial charge >= 0.3 is 0 Å². The molecule has 1 N–H and O–H groups in total. The molecule has 138 valence electrons. The van der Waals surface area contributed by atoms with Gasteiger partial charge in [-0.1, -0.05) is 18.2 Å². The van der Waals surface area contributed by atoms with Crippen LogP contribution in [0.25, 0.3) is 11.5 Å². The van der Waals surface area contributed by atoms with Crippen LogP contribution in [0.2, 0.25) is 0 Å². The first-order valence-corrected chi connectivity index (χ1v) is 8.32. The minimum Gasteiger partial charge on any atom is -0.481 e. The molecule has 0 saturated heterocycles. The summed E-state index contributed by atoms with van der Waals surface area (Å²) in [5, 5.41) is 15.4. The highest BCUT2D eigenvalue weighted by Gasteiger charge is 2.41. The van der Waals surface area contributed by atoms with Crippen LogP contribution in [0.5, 0.6) is 5.88 Å². The molecule has 1 aromatic carbocycles. The first-order valence-electron chi connectivity index (χ1n) is 8.32. The number of hydrogen-bond acceptors (Lipinski definition) is 6. The van der Waals surface area contributed by atoms with Crippen LogP contribution in [0.4, 0.5) is 10.2 Å². The van der Waals surface area contributed by atoms with Gasteiger partial charge in [-0.15, -0.1) is 10.2 Å². The summed E-state index contributed by atoms with van der Waals surface area (Å²) in [6.07, 6.45) is 0. The van der Waals surface area contributed by atoms with Crippen molar-refractivity contribution >= 4 is 11.7 Å². The van der Waals surface area contributed by atoms with E-state index in [2.05, 4.69) is 25.6 Å². The summed E-state index contributed by atoms with van der Waals surface area (Å²) < 4.78 is 20.8. The predicted octanol–water partition coefficient (Wildman–Crippen LogP) is 2.16. The van der Waals surface area contributed by atoms with E-state index in [1.807, 2.05) is 0 Å². The number of ether oxygens (including phenoxy) is 1. The summed E-state index contributed by atoms with van der Waals surface area (Å²) in [5.74, 6) is 0.549. The van der Waals surface area contributed by atoms with Crippen molar-refractivity contribution in [1.82, 2.24) is 25.0 Å². The Hall–Kier alpha value is -3.36. The highest BCUT2D eigenvalue weighted by molar-refractivity contribution is 6.03. The smallest absolute Gasteiger partial charge is 0.237 e. The molecule has 27 heavy (non-hydrogen) atoms. The van der Waals surface area contributed by atoms with Crippen molar-refractivity contribution in [2.24, 2.45) is 0 Å². The van der Waals surface area contributed by atoms with Crippen molar-refractivity contribution < 1.29 is 13.9 Å². The third-order valence-electron chi connectivity index (χ3n) is 4.54. The molecule has 1 aliphatic rings. The van der Waals surface area contributed by atoms with Crippen LogP contribution in [0.1, 0.15) is 25.1 Å². The third kappa shape index (κ3) is 2.80. The maximum atomic E-state index is 13.9. The van der Waals surface area contributed by atoms with Gasteiger partial charge in [-0.25, -0.2) is 14.1 Å². The Labute approximate surface area is 154 Å².